The Labute approximate surface area is 95.9 Å². The van der Waals surface area contributed by atoms with Crippen molar-refractivity contribution in [1.82, 2.24) is 5.32 Å². The average Bonchev–Trinajstić information content (AvgIpc) is 2.30. The Morgan fingerprint density at radius 3 is 2.50 bits per heavy atom. The van der Waals surface area contributed by atoms with Gasteiger partial charge in [0.2, 0.25) is 0 Å². The zero-order valence-electron chi connectivity index (χ0n) is 9.47. The highest BCUT2D eigenvalue weighted by Gasteiger charge is 2.07. The summed E-state index contributed by atoms with van der Waals surface area (Å²) >= 11 is 0. The Morgan fingerprint density at radius 2 is 1.88 bits per heavy atom. The molecule has 0 aliphatic heterocycles. The topological polar surface area (TPSA) is 61.7 Å². The van der Waals surface area contributed by atoms with E-state index in [1.54, 1.807) is 7.11 Å². The lowest BCUT2D eigenvalue weighted by Crippen LogP contribution is -2.32. The Hall–Kier alpha value is -0.940. The summed E-state index contributed by atoms with van der Waals surface area (Å²) in [5.74, 6) is 0. The second-order valence-electron chi connectivity index (χ2n) is 3.69. The average molecular weight is 225 g/mol. The summed E-state index contributed by atoms with van der Waals surface area (Å²) < 4.78 is 4.79. The van der Waals surface area contributed by atoms with E-state index >= 15 is 0 Å². The SMILES string of the molecule is COCC(O)CNCC(O)c1ccccc1. The minimum atomic E-state index is -0.545. The molecule has 0 radical (unpaired) electrons. The number of ether oxygens (including phenoxy) is 1. The van der Waals surface area contributed by atoms with Gasteiger partial charge < -0.3 is 20.3 Å². The van der Waals surface area contributed by atoms with E-state index in [1.807, 2.05) is 30.3 Å². The third-order valence-corrected chi connectivity index (χ3v) is 2.26. The number of hydrogen-bond donors (Lipinski definition) is 3. The lowest BCUT2D eigenvalue weighted by Gasteiger charge is -2.14. The molecular formula is C12H19NO3. The standard InChI is InChI=1S/C12H19NO3/c1-16-9-11(14)7-13-8-12(15)10-5-3-2-4-6-10/h2-6,11-15H,7-9H2,1H3. The molecule has 90 valence electrons. The van der Waals surface area contributed by atoms with E-state index in [9.17, 15) is 10.2 Å². The highest BCUT2D eigenvalue weighted by molar-refractivity contribution is 5.17. The van der Waals surface area contributed by atoms with Crippen molar-refractivity contribution in [3.63, 3.8) is 0 Å². The van der Waals surface area contributed by atoms with Gasteiger partial charge in [-0.1, -0.05) is 30.3 Å². The maximum absolute atomic E-state index is 9.79. The molecule has 0 saturated carbocycles. The fourth-order valence-corrected chi connectivity index (χ4v) is 1.43. The quantitative estimate of drug-likeness (QED) is 0.625. The second kappa shape index (κ2) is 7.35. The van der Waals surface area contributed by atoms with Gasteiger partial charge in [0, 0.05) is 20.2 Å². The Kier molecular flexibility index (Phi) is 6.03. The van der Waals surface area contributed by atoms with Crippen molar-refractivity contribution in [2.24, 2.45) is 0 Å². The zero-order chi connectivity index (χ0) is 11.8. The molecule has 0 heterocycles. The first-order valence-corrected chi connectivity index (χ1v) is 5.34. The van der Waals surface area contributed by atoms with Gasteiger partial charge in [0.05, 0.1) is 18.8 Å². The summed E-state index contributed by atoms with van der Waals surface area (Å²) in [5, 5.41) is 22.1. The summed E-state index contributed by atoms with van der Waals surface area (Å²) in [7, 11) is 1.54. The molecule has 0 amide bonds. The molecule has 2 atom stereocenters. The van der Waals surface area contributed by atoms with Crippen molar-refractivity contribution >= 4 is 0 Å². The number of rotatable bonds is 7. The molecular weight excluding hydrogens is 206 g/mol. The molecule has 0 aromatic heterocycles. The van der Waals surface area contributed by atoms with Crippen LogP contribution in [0.1, 0.15) is 11.7 Å². The highest BCUT2D eigenvalue weighted by atomic mass is 16.5. The van der Waals surface area contributed by atoms with Crippen LogP contribution in [0.4, 0.5) is 0 Å². The molecule has 1 aromatic carbocycles. The van der Waals surface area contributed by atoms with Gasteiger partial charge in [-0.25, -0.2) is 0 Å². The summed E-state index contributed by atoms with van der Waals surface area (Å²) in [6, 6.07) is 9.43. The fraction of sp³-hybridized carbons (Fsp3) is 0.500. The first-order chi connectivity index (χ1) is 7.74. The van der Waals surface area contributed by atoms with Gasteiger partial charge in [-0.05, 0) is 5.56 Å². The molecule has 0 spiro atoms. The van der Waals surface area contributed by atoms with Crippen LogP contribution in [0.15, 0.2) is 30.3 Å². The van der Waals surface area contributed by atoms with E-state index < -0.39 is 12.2 Å². The Balaban J connectivity index is 2.23. The fourth-order valence-electron chi connectivity index (χ4n) is 1.43. The number of hydrogen-bond acceptors (Lipinski definition) is 4. The molecule has 0 saturated heterocycles. The summed E-state index contributed by atoms with van der Waals surface area (Å²) in [6.07, 6.45) is -1.08. The maximum Gasteiger partial charge on any atom is 0.0914 e. The van der Waals surface area contributed by atoms with E-state index in [4.69, 9.17) is 4.74 Å². The normalized spacial score (nSPS) is 14.7. The monoisotopic (exact) mass is 225 g/mol. The predicted octanol–water partition coefficient (Wildman–Crippen LogP) is 0.317. The lowest BCUT2D eigenvalue weighted by molar-refractivity contribution is 0.0616. The number of methoxy groups -OCH3 is 1. The van der Waals surface area contributed by atoms with Gasteiger partial charge in [0.1, 0.15) is 0 Å². The third kappa shape index (κ3) is 4.72. The molecule has 0 aliphatic rings. The molecule has 4 nitrogen and oxygen atoms in total. The summed E-state index contributed by atoms with van der Waals surface area (Å²) in [5.41, 5.74) is 0.872. The minimum Gasteiger partial charge on any atom is -0.389 e. The summed E-state index contributed by atoms with van der Waals surface area (Å²) in [4.78, 5) is 0. The minimum absolute atomic E-state index is 0.300. The number of benzene rings is 1. The summed E-state index contributed by atoms with van der Waals surface area (Å²) in [6.45, 7) is 1.14. The van der Waals surface area contributed by atoms with Crippen molar-refractivity contribution in [1.29, 1.82) is 0 Å². The molecule has 2 unspecified atom stereocenters. The maximum atomic E-state index is 9.79. The van der Waals surface area contributed by atoms with Crippen LogP contribution in [0, 0.1) is 0 Å². The molecule has 0 bridgehead atoms. The van der Waals surface area contributed by atoms with Gasteiger partial charge >= 0.3 is 0 Å². The van der Waals surface area contributed by atoms with Gasteiger partial charge in [-0.3, -0.25) is 0 Å². The number of nitrogens with one attached hydrogen (secondary N) is 1. The molecule has 4 heteroatoms. The van der Waals surface area contributed by atoms with Crippen LogP contribution in [-0.2, 0) is 4.74 Å². The molecule has 16 heavy (non-hydrogen) atoms. The smallest absolute Gasteiger partial charge is 0.0914 e. The van der Waals surface area contributed by atoms with Gasteiger partial charge in [0.25, 0.3) is 0 Å². The number of aliphatic hydroxyl groups excluding tert-OH is 2. The first kappa shape index (κ1) is 13.1. The van der Waals surface area contributed by atoms with Crippen LogP contribution in [0.5, 0.6) is 0 Å². The van der Waals surface area contributed by atoms with E-state index in [0.29, 0.717) is 19.7 Å². The van der Waals surface area contributed by atoms with Crippen molar-refractivity contribution in [3.05, 3.63) is 35.9 Å². The molecule has 3 N–H and O–H groups in total. The van der Waals surface area contributed by atoms with Crippen LogP contribution < -0.4 is 5.32 Å². The van der Waals surface area contributed by atoms with E-state index in [0.717, 1.165) is 5.56 Å². The van der Waals surface area contributed by atoms with Crippen molar-refractivity contribution in [2.75, 3.05) is 26.8 Å². The van der Waals surface area contributed by atoms with Gasteiger partial charge in [0.15, 0.2) is 0 Å². The molecule has 0 aliphatic carbocycles. The van der Waals surface area contributed by atoms with Crippen LogP contribution in [0.25, 0.3) is 0 Å². The van der Waals surface area contributed by atoms with Crippen LogP contribution >= 0.6 is 0 Å². The van der Waals surface area contributed by atoms with Gasteiger partial charge in [-0.15, -0.1) is 0 Å². The third-order valence-electron chi connectivity index (χ3n) is 2.26. The molecule has 1 aromatic rings. The van der Waals surface area contributed by atoms with Crippen LogP contribution in [0.3, 0.4) is 0 Å². The van der Waals surface area contributed by atoms with Crippen molar-refractivity contribution in [2.45, 2.75) is 12.2 Å². The van der Waals surface area contributed by atoms with E-state index in [-0.39, 0.29) is 0 Å². The lowest BCUT2D eigenvalue weighted by atomic mass is 10.1. The van der Waals surface area contributed by atoms with E-state index in [2.05, 4.69) is 5.32 Å². The Bertz CT molecular complexity index is 279. The Morgan fingerprint density at radius 1 is 1.19 bits per heavy atom. The van der Waals surface area contributed by atoms with Crippen LogP contribution in [0.2, 0.25) is 0 Å². The molecule has 1 rings (SSSR count). The highest BCUT2D eigenvalue weighted by Crippen LogP contribution is 2.10. The largest absolute Gasteiger partial charge is 0.389 e. The molecule has 0 fully saturated rings. The second-order valence-corrected chi connectivity index (χ2v) is 3.69. The van der Waals surface area contributed by atoms with E-state index in [1.165, 1.54) is 0 Å². The number of aliphatic hydroxyl groups is 2. The predicted molar refractivity (Wildman–Crippen MR) is 62.2 cm³/mol. The first-order valence-electron chi connectivity index (χ1n) is 5.34. The van der Waals surface area contributed by atoms with Crippen molar-refractivity contribution in [3.8, 4) is 0 Å². The zero-order valence-corrected chi connectivity index (χ0v) is 9.47. The van der Waals surface area contributed by atoms with Crippen LogP contribution in [-0.4, -0.2) is 43.1 Å². The van der Waals surface area contributed by atoms with Gasteiger partial charge in [-0.2, -0.15) is 0 Å². The van der Waals surface area contributed by atoms with Crippen molar-refractivity contribution < 1.29 is 14.9 Å².